The van der Waals surface area contributed by atoms with E-state index in [0.717, 1.165) is 16.2 Å². The first kappa shape index (κ1) is 17.1. The summed E-state index contributed by atoms with van der Waals surface area (Å²) in [5.41, 5.74) is 1.76. The van der Waals surface area contributed by atoms with Crippen LogP contribution in [0.1, 0.15) is 37.8 Å². The van der Waals surface area contributed by atoms with E-state index in [0.29, 0.717) is 42.1 Å². The highest BCUT2D eigenvalue weighted by molar-refractivity contribution is 7.91. The number of hydrogen-bond acceptors (Lipinski definition) is 7. The van der Waals surface area contributed by atoms with E-state index in [1.165, 1.54) is 0 Å². The van der Waals surface area contributed by atoms with Crippen molar-refractivity contribution >= 4 is 27.3 Å². The summed E-state index contributed by atoms with van der Waals surface area (Å²) >= 11 is 1.01. The second-order valence-corrected chi connectivity index (χ2v) is 8.59. The molecule has 0 bridgehead atoms. The van der Waals surface area contributed by atoms with E-state index in [1.807, 2.05) is 0 Å². The molecule has 0 unspecified atom stereocenters. The molecule has 3 rings (SSSR count). The molecule has 130 valence electrons. The number of carboxylic acids is 1. The summed E-state index contributed by atoms with van der Waals surface area (Å²) in [6.45, 7) is 4.54. The number of fused-ring (bicyclic) bond motifs is 1. The van der Waals surface area contributed by atoms with Crippen molar-refractivity contribution < 1.29 is 22.8 Å². The lowest BCUT2D eigenvalue weighted by Gasteiger charge is -2.12. The number of nitrogens with one attached hydrogen (secondary N) is 2. The molecule has 2 aromatic heterocycles. The van der Waals surface area contributed by atoms with Gasteiger partial charge in [-0.05, 0) is 32.4 Å². The molecule has 3 heterocycles. The van der Waals surface area contributed by atoms with Crippen LogP contribution >= 0.6 is 11.3 Å². The number of aromatic nitrogens is 1. The van der Waals surface area contributed by atoms with Crippen LogP contribution in [-0.4, -0.2) is 31.2 Å². The molecule has 0 fully saturated rings. The van der Waals surface area contributed by atoms with Crippen molar-refractivity contribution in [1.29, 1.82) is 0 Å². The number of sulfonamides is 1. The zero-order valence-electron chi connectivity index (χ0n) is 13.2. The Morgan fingerprint density at radius 1 is 1.46 bits per heavy atom. The lowest BCUT2D eigenvalue weighted by atomic mass is 10.1. The van der Waals surface area contributed by atoms with Crippen LogP contribution in [0.15, 0.2) is 8.73 Å². The molecule has 0 amide bonds. The Morgan fingerprint density at radius 2 is 2.21 bits per heavy atom. The number of rotatable bonds is 5. The molecule has 8 nitrogen and oxygen atoms in total. The van der Waals surface area contributed by atoms with Gasteiger partial charge >= 0.3 is 5.97 Å². The van der Waals surface area contributed by atoms with Gasteiger partial charge in [-0.3, -0.25) is 0 Å². The summed E-state index contributed by atoms with van der Waals surface area (Å²) in [6.07, 6.45) is 0.507. The molecule has 1 aliphatic rings. The second kappa shape index (κ2) is 6.28. The first-order valence-corrected chi connectivity index (χ1v) is 9.61. The first-order chi connectivity index (χ1) is 11.3. The van der Waals surface area contributed by atoms with Crippen LogP contribution in [0.25, 0.3) is 0 Å². The monoisotopic (exact) mass is 371 g/mol. The van der Waals surface area contributed by atoms with Gasteiger partial charge < -0.3 is 14.9 Å². The molecule has 0 saturated carbocycles. The maximum atomic E-state index is 12.7. The van der Waals surface area contributed by atoms with Crippen LogP contribution in [-0.2, 0) is 29.5 Å². The van der Waals surface area contributed by atoms with E-state index >= 15 is 0 Å². The number of thiophene rings is 1. The molecule has 0 radical (unpaired) electrons. The normalized spacial score (nSPS) is 14.6. The molecule has 1 aliphatic heterocycles. The predicted molar refractivity (Wildman–Crippen MR) is 86.7 cm³/mol. The van der Waals surface area contributed by atoms with E-state index in [1.54, 1.807) is 13.8 Å². The second-order valence-electron chi connectivity index (χ2n) is 5.53. The minimum atomic E-state index is -3.95. The highest BCUT2D eigenvalue weighted by Gasteiger charge is 2.32. The molecule has 10 heteroatoms. The summed E-state index contributed by atoms with van der Waals surface area (Å²) in [5.74, 6) is -0.685. The average Bonchev–Trinajstić information content (AvgIpc) is 3.07. The Labute approximate surface area is 142 Å². The Balaban J connectivity index is 1.95. The van der Waals surface area contributed by atoms with Crippen molar-refractivity contribution in [1.82, 2.24) is 15.2 Å². The van der Waals surface area contributed by atoms with Crippen LogP contribution in [0, 0.1) is 13.8 Å². The fraction of sp³-hybridized carbons (Fsp3) is 0.429. The molecule has 0 aliphatic carbocycles. The fourth-order valence-corrected chi connectivity index (χ4v) is 5.60. The average molecular weight is 371 g/mol. The van der Waals surface area contributed by atoms with Crippen molar-refractivity contribution in [3.63, 3.8) is 0 Å². The van der Waals surface area contributed by atoms with E-state index in [2.05, 4.69) is 15.2 Å². The number of hydrogen-bond donors (Lipinski definition) is 3. The molecule has 0 atom stereocenters. The number of carbonyl (C=O) groups is 1. The lowest BCUT2D eigenvalue weighted by molar-refractivity contribution is 0.0692. The van der Waals surface area contributed by atoms with E-state index in [4.69, 9.17) is 4.52 Å². The molecular formula is C14H17N3O5S2. The van der Waals surface area contributed by atoms with Crippen LogP contribution in [0.5, 0.6) is 0 Å². The van der Waals surface area contributed by atoms with E-state index in [9.17, 15) is 18.3 Å². The van der Waals surface area contributed by atoms with Crippen LogP contribution in [0.4, 0.5) is 0 Å². The largest absolute Gasteiger partial charge is 0.478 e. The Morgan fingerprint density at radius 3 is 2.83 bits per heavy atom. The minimum Gasteiger partial charge on any atom is -0.478 e. The number of aryl methyl sites for hydroxylation is 2. The molecule has 0 spiro atoms. The summed E-state index contributed by atoms with van der Waals surface area (Å²) in [7, 11) is -3.95. The van der Waals surface area contributed by atoms with Gasteiger partial charge in [-0.1, -0.05) is 5.16 Å². The van der Waals surface area contributed by atoms with Crippen molar-refractivity contribution in [3.05, 3.63) is 33.0 Å². The zero-order chi connectivity index (χ0) is 17.5. The SMILES string of the molecule is Cc1noc(C)c1CNS(=O)(=O)c1sc2c(c1C(=O)O)CCNC2. The van der Waals surface area contributed by atoms with Gasteiger partial charge in [-0.25, -0.2) is 17.9 Å². The summed E-state index contributed by atoms with van der Waals surface area (Å²) < 4.78 is 32.6. The first-order valence-electron chi connectivity index (χ1n) is 7.31. The summed E-state index contributed by atoms with van der Waals surface area (Å²) in [6, 6.07) is 0. The molecule has 2 aromatic rings. The van der Waals surface area contributed by atoms with Gasteiger partial charge in [0.15, 0.2) is 0 Å². The standard InChI is InChI=1S/C14H17N3O5S2/c1-7-10(8(2)22-17-7)5-16-24(20,21)14-12(13(18)19)9-3-4-15-6-11(9)23-14/h15-16H,3-6H2,1-2H3,(H,18,19). The Bertz CT molecular complexity index is 878. The van der Waals surface area contributed by atoms with Crippen LogP contribution in [0.2, 0.25) is 0 Å². The quantitative estimate of drug-likeness (QED) is 0.721. The maximum absolute atomic E-state index is 12.7. The predicted octanol–water partition coefficient (Wildman–Crippen LogP) is 1.18. The zero-order valence-corrected chi connectivity index (χ0v) is 14.8. The third-order valence-electron chi connectivity index (χ3n) is 3.97. The molecular weight excluding hydrogens is 354 g/mol. The number of aromatic carboxylic acids is 1. The number of nitrogens with zero attached hydrogens (tertiary/aromatic N) is 1. The number of carboxylic acid groups (broad SMARTS) is 1. The smallest absolute Gasteiger partial charge is 0.338 e. The third kappa shape index (κ3) is 2.97. The highest BCUT2D eigenvalue weighted by Crippen LogP contribution is 2.34. The summed E-state index contributed by atoms with van der Waals surface area (Å²) in [4.78, 5) is 12.4. The van der Waals surface area contributed by atoms with Gasteiger partial charge in [0.1, 0.15) is 9.97 Å². The highest BCUT2D eigenvalue weighted by atomic mass is 32.2. The fourth-order valence-electron chi connectivity index (χ4n) is 2.70. The minimum absolute atomic E-state index is 0.00335. The Hall–Kier alpha value is -1.75. The van der Waals surface area contributed by atoms with Crippen molar-refractivity contribution in [2.24, 2.45) is 0 Å². The molecule has 0 saturated heterocycles. The Kier molecular flexibility index (Phi) is 4.47. The molecule has 24 heavy (non-hydrogen) atoms. The molecule has 3 N–H and O–H groups in total. The summed E-state index contributed by atoms with van der Waals surface area (Å²) in [5, 5.41) is 16.4. The molecule has 0 aromatic carbocycles. The van der Waals surface area contributed by atoms with Gasteiger partial charge in [-0.15, -0.1) is 11.3 Å². The maximum Gasteiger partial charge on any atom is 0.338 e. The van der Waals surface area contributed by atoms with Gasteiger partial charge in [0, 0.05) is 23.5 Å². The van der Waals surface area contributed by atoms with Crippen LogP contribution in [0.3, 0.4) is 0 Å². The van der Waals surface area contributed by atoms with Gasteiger partial charge in [0.05, 0.1) is 11.3 Å². The van der Waals surface area contributed by atoms with Crippen molar-refractivity contribution in [2.45, 2.75) is 37.6 Å². The van der Waals surface area contributed by atoms with Gasteiger partial charge in [0.25, 0.3) is 10.0 Å². The van der Waals surface area contributed by atoms with Crippen molar-refractivity contribution in [2.75, 3.05) is 6.54 Å². The van der Waals surface area contributed by atoms with Gasteiger partial charge in [0.2, 0.25) is 0 Å². The third-order valence-corrected chi connectivity index (χ3v) is 7.13. The van der Waals surface area contributed by atoms with E-state index < -0.39 is 16.0 Å². The topological polar surface area (TPSA) is 122 Å². The van der Waals surface area contributed by atoms with Crippen LogP contribution < -0.4 is 10.0 Å². The van der Waals surface area contributed by atoms with E-state index in [-0.39, 0.29) is 16.3 Å². The lowest BCUT2D eigenvalue weighted by Crippen LogP contribution is -2.25. The van der Waals surface area contributed by atoms with Gasteiger partial charge in [-0.2, -0.15) is 0 Å². The van der Waals surface area contributed by atoms with Crippen molar-refractivity contribution in [3.8, 4) is 0 Å².